The van der Waals surface area contributed by atoms with E-state index in [0.717, 1.165) is 0 Å². The van der Waals surface area contributed by atoms with Gasteiger partial charge in [-0.1, -0.05) is 0 Å². The number of ether oxygens (including phenoxy) is 1. The van der Waals surface area contributed by atoms with E-state index in [1.54, 1.807) is 0 Å². The first-order valence-electron chi connectivity index (χ1n) is 6.44. The SMILES string of the molecule is CC1(C)CN(C(=O)C2CNC(=O)C2)CC(C)(C)O1. The van der Waals surface area contributed by atoms with E-state index in [4.69, 9.17) is 4.74 Å². The summed E-state index contributed by atoms with van der Waals surface area (Å²) in [6.45, 7) is 9.60. The molecule has 0 radical (unpaired) electrons. The highest BCUT2D eigenvalue weighted by Gasteiger charge is 2.42. The lowest BCUT2D eigenvalue weighted by molar-refractivity contribution is -0.189. The van der Waals surface area contributed by atoms with Crippen molar-refractivity contribution in [3.05, 3.63) is 0 Å². The smallest absolute Gasteiger partial charge is 0.228 e. The van der Waals surface area contributed by atoms with Gasteiger partial charge >= 0.3 is 0 Å². The Balaban J connectivity index is 2.08. The molecule has 0 aromatic carbocycles. The Hall–Kier alpha value is -1.10. The lowest BCUT2D eigenvalue weighted by Gasteiger charge is -2.47. The Labute approximate surface area is 108 Å². The first-order valence-corrected chi connectivity index (χ1v) is 6.44. The minimum atomic E-state index is -0.340. The Morgan fingerprint density at radius 3 is 2.28 bits per heavy atom. The molecule has 1 N–H and O–H groups in total. The molecule has 0 aromatic heterocycles. The van der Waals surface area contributed by atoms with E-state index < -0.39 is 0 Å². The second-order valence-electron chi connectivity index (χ2n) is 6.52. The van der Waals surface area contributed by atoms with Crippen LogP contribution in [0.1, 0.15) is 34.1 Å². The van der Waals surface area contributed by atoms with Crippen molar-refractivity contribution >= 4 is 11.8 Å². The Morgan fingerprint density at radius 1 is 1.28 bits per heavy atom. The third-order valence-corrected chi connectivity index (χ3v) is 3.33. The molecule has 0 spiro atoms. The summed E-state index contributed by atoms with van der Waals surface area (Å²) in [5, 5.41) is 2.71. The largest absolute Gasteiger partial charge is 0.366 e. The van der Waals surface area contributed by atoms with Crippen LogP contribution in [-0.2, 0) is 14.3 Å². The molecule has 2 heterocycles. The van der Waals surface area contributed by atoms with E-state index >= 15 is 0 Å². The van der Waals surface area contributed by atoms with Gasteiger partial charge in [-0.05, 0) is 27.7 Å². The summed E-state index contributed by atoms with van der Waals surface area (Å²) in [5.74, 6) is -0.167. The van der Waals surface area contributed by atoms with Gasteiger partial charge in [-0.25, -0.2) is 0 Å². The van der Waals surface area contributed by atoms with Crippen LogP contribution < -0.4 is 5.32 Å². The summed E-state index contributed by atoms with van der Waals surface area (Å²) in [7, 11) is 0. The van der Waals surface area contributed by atoms with E-state index in [0.29, 0.717) is 26.1 Å². The zero-order valence-electron chi connectivity index (χ0n) is 11.6. The molecule has 2 rings (SSSR count). The number of morpholine rings is 1. The highest BCUT2D eigenvalue weighted by Crippen LogP contribution is 2.29. The molecule has 2 aliphatic rings. The fraction of sp³-hybridized carbons (Fsp3) is 0.846. The lowest BCUT2D eigenvalue weighted by atomic mass is 9.96. The van der Waals surface area contributed by atoms with E-state index in [2.05, 4.69) is 5.32 Å². The summed E-state index contributed by atoms with van der Waals surface area (Å²) in [5.41, 5.74) is -0.680. The molecule has 18 heavy (non-hydrogen) atoms. The van der Waals surface area contributed by atoms with Gasteiger partial charge in [0.25, 0.3) is 0 Å². The summed E-state index contributed by atoms with van der Waals surface area (Å²) in [6.07, 6.45) is 0.317. The number of nitrogens with zero attached hydrogens (tertiary/aromatic N) is 1. The van der Waals surface area contributed by atoms with Crippen molar-refractivity contribution in [2.45, 2.75) is 45.3 Å². The fourth-order valence-corrected chi connectivity index (χ4v) is 2.98. The standard InChI is InChI=1S/C13H22N2O3/c1-12(2)7-15(8-13(3,4)18-12)11(17)9-5-10(16)14-6-9/h9H,5-8H2,1-4H3,(H,14,16). The quantitative estimate of drug-likeness (QED) is 0.743. The Morgan fingerprint density at radius 2 is 1.83 bits per heavy atom. The molecule has 5 heteroatoms. The molecule has 102 valence electrons. The number of carbonyl (C=O) groups is 2. The zero-order chi connectivity index (χ0) is 13.6. The highest BCUT2D eigenvalue weighted by atomic mass is 16.5. The topological polar surface area (TPSA) is 58.6 Å². The molecule has 0 saturated carbocycles. The second kappa shape index (κ2) is 4.23. The van der Waals surface area contributed by atoms with Gasteiger partial charge in [-0.15, -0.1) is 0 Å². The summed E-state index contributed by atoms with van der Waals surface area (Å²) < 4.78 is 5.95. The van der Waals surface area contributed by atoms with Crippen molar-refractivity contribution in [1.82, 2.24) is 10.2 Å². The minimum absolute atomic E-state index is 0.0277. The van der Waals surface area contributed by atoms with Crippen LogP contribution in [0.2, 0.25) is 0 Å². The average molecular weight is 254 g/mol. The highest BCUT2D eigenvalue weighted by molar-refractivity contribution is 5.89. The molecule has 2 fully saturated rings. The maximum atomic E-state index is 12.4. The molecule has 1 atom stereocenters. The van der Waals surface area contributed by atoms with Crippen molar-refractivity contribution in [3.63, 3.8) is 0 Å². The number of nitrogens with one attached hydrogen (secondary N) is 1. The van der Waals surface area contributed by atoms with Crippen molar-refractivity contribution in [1.29, 1.82) is 0 Å². The molecule has 0 aromatic rings. The Kier molecular flexibility index (Phi) is 3.13. The van der Waals surface area contributed by atoms with Gasteiger partial charge in [0.15, 0.2) is 0 Å². The zero-order valence-corrected chi connectivity index (χ0v) is 11.6. The van der Waals surface area contributed by atoms with E-state index in [9.17, 15) is 9.59 Å². The second-order valence-corrected chi connectivity index (χ2v) is 6.52. The molecule has 5 nitrogen and oxygen atoms in total. The molecule has 1 unspecified atom stereocenters. The number of amides is 2. The van der Waals surface area contributed by atoms with Gasteiger partial charge in [0.1, 0.15) is 0 Å². The van der Waals surface area contributed by atoms with Crippen LogP contribution in [-0.4, -0.2) is 47.6 Å². The molecule has 2 aliphatic heterocycles. The average Bonchev–Trinajstić information content (AvgIpc) is 2.58. The van der Waals surface area contributed by atoms with Crippen LogP contribution >= 0.6 is 0 Å². The maximum Gasteiger partial charge on any atom is 0.228 e. The van der Waals surface area contributed by atoms with E-state index in [1.165, 1.54) is 0 Å². The predicted octanol–water partition coefficient (Wildman–Crippen LogP) is 0.539. The number of hydrogen-bond acceptors (Lipinski definition) is 3. The summed E-state index contributed by atoms with van der Waals surface area (Å²) >= 11 is 0. The fourth-order valence-electron chi connectivity index (χ4n) is 2.98. The molecule has 0 aliphatic carbocycles. The van der Waals surface area contributed by atoms with Crippen LogP contribution in [0, 0.1) is 5.92 Å². The normalized spacial score (nSPS) is 30.1. The van der Waals surface area contributed by atoms with Gasteiger partial charge in [0, 0.05) is 26.1 Å². The van der Waals surface area contributed by atoms with Gasteiger partial charge in [0.05, 0.1) is 17.1 Å². The molecule has 2 saturated heterocycles. The molecule has 0 bridgehead atoms. The van der Waals surface area contributed by atoms with Gasteiger partial charge in [-0.2, -0.15) is 0 Å². The first kappa shape index (κ1) is 13.3. The molecular formula is C13H22N2O3. The van der Waals surface area contributed by atoms with Gasteiger partial charge < -0.3 is 15.0 Å². The van der Waals surface area contributed by atoms with Crippen LogP contribution in [0.15, 0.2) is 0 Å². The summed E-state index contributed by atoms with van der Waals surface area (Å²) in [6, 6.07) is 0. The van der Waals surface area contributed by atoms with Crippen LogP contribution in [0.5, 0.6) is 0 Å². The maximum absolute atomic E-state index is 12.4. The van der Waals surface area contributed by atoms with Crippen molar-refractivity contribution in [2.75, 3.05) is 19.6 Å². The van der Waals surface area contributed by atoms with Crippen LogP contribution in [0.25, 0.3) is 0 Å². The molecular weight excluding hydrogens is 232 g/mol. The van der Waals surface area contributed by atoms with E-state index in [-0.39, 0.29) is 28.9 Å². The van der Waals surface area contributed by atoms with Crippen molar-refractivity contribution in [2.24, 2.45) is 5.92 Å². The first-order chi connectivity index (χ1) is 8.19. The monoisotopic (exact) mass is 254 g/mol. The predicted molar refractivity (Wildman–Crippen MR) is 66.9 cm³/mol. The number of hydrogen-bond donors (Lipinski definition) is 1. The molecule has 2 amide bonds. The Bertz CT molecular complexity index is 360. The number of carbonyl (C=O) groups excluding carboxylic acids is 2. The van der Waals surface area contributed by atoms with Crippen molar-refractivity contribution in [3.8, 4) is 0 Å². The third-order valence-electron chi connectivity index (χ3n) is 3.33. The van der Waals surface area contributed by atoms with Gasteiger partial charge in [0.2, 0.25) is 11.8 Å². The van der Waals surface area contributed by atoms with Gasteiger partial charge in [-0.3, -0.25) is 9.59 Å². The third kappa shape index (κ3) is 2.83. The summed E-state index contributed by atoms with van der Waals surface area (Å²) in [4.78, 5) is 25.4. The van der Waals surface area contributed by atoms with Crippen LogP contribution in [0.4, 0.5) is 0 Å². The van der Waals surface area contributed by atoms with Crippen molar-refractivity contribution < 1.29 is 14.3 Å². The lowest BCUT2D eigenvalue weighted by Crippen LogP contribution is -2.59. The number of rotatable bonds is 1. The minimum Gasteiger partial charge on any atom is -0.366 e. The van der Waals surface area contributed by atoms with E-state index in [1.807, 2.05) is 32.6 Å². The van der Waals surface area contributed by atoms with Crippen LogP contribution in [0.3, 0.4) is 0 Å².